The Bertz CT molecular complexity index is 705. The Labute approximate surface area is 110 Å². The number of hydrogen-bond acceptors (Lipinski definition) is 2. The van der Waals surface area contributed by atoms with E-state index in [0.29, 0.717) is 0 Å². The van der Waals surface area contributed by atoms with Crippen LogP contribution in [0.25, 0.3) is 22.0 Å². The normalized spacial score (nSPS) is 10.8. The van der Waals surface area contributed by atoms with Crippen LogP contribution in [0.5, 0.6) is 0 Å². The fraction of sp³-hybridized carbons (Fsp3) is 0.0667. The average molecular weight is 255 g/mol. The highest BCUT2D eigenvalue weighted by atomic mass is 35.5. The first-order chi connectivity index (χ1) is 8.75. The van der Waals surface area contributed by atoms with E-state index >= 15 is 0 Å². The molecule has 0 saturated carbocycles. The molecule has 0 radical (unpaired) electrons. The van der Waals surface area contributed by atoms with Crippen LogP contribution in [0.4, 0.5) is 0 Å². The lowest BCUT2D eigenvalue weighted by Crippen LogP contribution is -1.93. The lowest BCUT2D eigenvalue weighted by molar-refractivity contribution is 1.01. The predicted molar refractivity (Wildman–Crippen MR) is 74.7 cm³/mol. The second kappa shape index (κ2) is 4.39. The molecule has 0 N–H and O–H groups in total. The number of hydrogen-bond donors (Lipinski definition) is 0. The van der Waals surface area contributed by atoms with Crippen LogP contribution in [0.2, 0.25) is 5.02 Å². The summed E-state index contributed by atoms with van der Waals surface area (Å²) < 4.78 is 0. The molecule has 88 valence electrons. The van der Waals surface area contributed by atoms with Crippen LogP contribution in [0, 0.1) is 6.92 Å². The largest absolute Gasteiger partial charge is 0.155 e. The first kappa shape index (κ1) is 11.2. The van der Waals surface area contributed by atoms with Gasteiger partial charge < -0.3 is 0 Å². The van der Waals surface area contributed by atoms with Gasteiger partial charge in [0, 0.05) is 21.4 Å². The van der Waals surface area contributed by atoms with Crippen molar-refractivity contribution in [3.63, 3.8) is 0 Å². The average Bonchev–Trinajstić information content (AvgIpc) is 2.41. The zero-order valence-electron chi connectivity index (χ0n) is 9.89. The molecule has 2 nitrogen and oxygen atoms in total. The van der Waals surface area contributed by atoms with Crippen LogP contribution < -0.4 is 0 Å². The highest BCUT2D eigenvalue weighted by molar-refractivity contribution is 6.30. The van der Waals surface area contributed by atoms with Gasteiger partial charge in [-0.1, -0.05) is 48.0 Å². The summed E-state index contributed by atoms with van der Waals surface area (Å²) in [6.45, 7) is 1.97. The van der Waals surface area contributed by atoms with E-state index in [0.717, 1.165) is 32.7 Å². The van der Waals surface area contributed by atoms with Crippen LogP contribution in [0.15, 0.2) is 48.5 Å². The van der Waals surface area contributed by atoms with Crippen molar-refractivity contribution in [2.24, 2.45) is 0 Å². The number of halogens is 1. The monoisotopic (exact) mass is 254 g/mol. The zero-order valence-corrected chi connectivity index (χ0v) is 10.6. The maximum Gasteiger partial charge on any atom is 0.101 e. The molecule has 3 aromatic rings. The van der Waals surface area contributed by atoms with E-state index in [1.165, 1.54) is 0 Å². The topological polar surface area (TPSA) is 25.8 Å². The van der Waals surface area contributed by atoms with Crippen LogP contribution in [0.3, 0.4) is 0 Å². The van der Waals surface area contributed by atoms with Crippen LogP contribution in [-0.2, 0) is 0 Å². The van der Waals surface area contributed by atoms with Crippen molar-refractivity contribution in [3.05, 3.63) is 59.2 Å². The molecule has 0 spiro atoms. The number of rotatable bonds is 1. The summed E-state index contributed by atoms with van der Waals surface area (Å²) in [6.07, 6.45) is 0. The molecule has 18 heavy (non-hydrogen) atoms. The molecule has 0 saturated heterocycles. The van der Waals surface area contributed by atoms with Gasteiger partial charge in [-0.3, -0.25) is 0 Å². The minimum Gasteiger partial charge on any atom is -0.155 e. The maximum atomic E-state index is 5.91. The summed E-state index contributed by atoms with van der Waals surface area (Å²) in [5, 5.41) is 11.5. The molecular weight excluding hydrogens is 244 g/mol. The number of aromatic nitrogens is 2. The van der Waals surface area contributed by atoms with Crippen molar-refractivity contribution in [2.45, 2.75) is 6.92 Å². The third-order valence-electron chi connectivity index (χ3n) is 2.99. The van der Waals surface area contributed by atoms with Gasteiger partial charge in [0.25, 0.3) is 0 Å². The summed E-state index contributed by atoms with van der Waals surface area (Å²) in [5.74, 6) is 0. The Morgan fingerprint density at radius 3 is 2.22 bits per heavy atom. The number of aryl methyl sites for hydroxylation is 1. The summed E-state index contributed by atoms with van der Waals surface area (Å²) in [4.78, 5) is 0. The standard InChI is InChI=1S/C15H11ClN2/c1-10-13-4-2-3-5-14(13)15(18-17-10)11-6-8-12(16)9-7-11/h2-9H,1H3. The minimum absolute atomic E-state index is 0.725. The second-order valence-corrected chi connectivity index (χ2v) is 4.62. The van der Waals surface area contributed by atoms with E-state index in [4.69, 9.17) is 11.6 Å². The fourth-order valence-electron chi connectivity index (χ4n) is 2.06. The van der Waals surface area contributed by atoms with Gasteiger partial charge in [0.2, 0.25) is 0 Å². The first-order valence-corrected chi connectivity index (χ1v) is 6.11. The molecule has 0 amide bonds. The molecule has 2 aromatic carbocycles. The Hall–Kier alpha value is -1.93. The molecule has 0 aliphatic rings. The molecule has 0 fully saturated rings. The van der Waals surface area contributed by atoms with E-state index in [1.807, 2.05) is 43.3 Å². The highest BCUT2D eigenvalue weighted by Gasteiger charge is 2.07. The third-order valence-corrected chi connectivity index (χ3v) is 3.24. The van der Waals surface area contributed by atoms with Gasteiger partial charge in [0.05, 0.1) is 5.69 Å². The molecule has 0 bridgehead atoms. The van der Waals surface area contributed by atoms with Crippen LogP contribution >= 0.6 is 11.6 Å². The van der Waals surface area contributed by atoms with Gasteiger partial charge in [-0.05, 0) is 19.1 Å². The van der Waals surface area contributed by atoms with E-state index in [2.05, 4.69) is 22.3 Å². The number of fused-ring (bicyclic) bond motifs is 1. The molecule has 0 unspecified atom stereocenters. The summed E-state index contributed by atoms with van der Waals surface area (Å²) in [7, 11) is 0. The fourth-order valence-corrected chi connectivity index (χ4v) is 2.18. The molecule has 1 heterocycles. The maximum absolute atomic E-state index is 5.91. The van der Waals surface area contributed by atoms with Gasteiger partial charge in [-0.25, -0.2) is 0 Å². The Morgan fingerprint density at radius 1 is 0.833 bits per heavy atom. The lowest BCUT2D eigenvalue weighted by atomic mass is 10.0. The Kier molecular flexibility index (Phi) is 2.73. The molecule has 3 heteroatoms. The smallest absolute Gasteiger partial charge is 0.101 e. The van der Waals surface area contributed by atoms with Gasteiger partial charge in [-0.2, -0.15) is 5.10 Å². The number of benzene rings is 2. The van der Waals surface area contributed by atoms with E-state index in [1.54, 1.807) is 0 Å². The van der Waals surface area contributed by atoms with Crippen LogP contribution in [-0.4, -0.2) is 10.2 Å². The van der Waals surface area contributed by atoms with Crippen LogP contribution in [0.1, 0.15) is 5.69 Å². The van der Waals surface area contributed by atoms with E-state index in [-0.39, 0.29) is 0 Å². The van der Waals surface area contributed by atoms with Gasteiger partial charge in [0.1, 0.15) is 5.69 Å². The van der Waals surface area contributed by atoms with Gasteiger partial charge in [-0.15, -0.1) is 5.10 Å². The van der Waals surface area contributed by atoms with Gasteiger partial charge >= 0.3 is 0 Å². The third kappa shape index (κ3) is 1.85. The predicted octanol–water partition coefficient (Wildman–Crippen LogP) is 4.26. The molecule has 1 aromatic heterocycles. The summed E-state index contributed by atoms with van der Waals surface area (Å²) in [5.41, 5.74) is 2.87. The molecule has 3 rings (SSSR count). The second-order valence-electron chi connectivity index (χ2n) is 4.19. The summed E-state index contributed by atoms with van der Waals surface area (Å²) >= 11 is 5.91. The molecule has 0 atom stereocenters. The van der Waals surface area contributed by atoms with Crippen molar-refractivity contribution in [1.82, 2.24) is 10.2 Å². The van der Waals surface area contributed by atoms with E-state index < -0.39 is 0 Å². The molecule has 0 aliphatic carbocycles. The highest BCUT2D eigenvalue weighted by Crippen LogP contribution is 2.27. The Balaban J connectivity index is 2.30. The first-order valence-electron chi connectivity index (χ1n) is 5.73. The molecule has 0 aliphatic heterocycles. The molecular formula is C15H11ClN2. The van der Waals surface area contributed by atoms with Crippen molar-refractivity contribution in [1.29, 1.82) is 0 Å². The SMILES string of the molecule is Cc1nnc(-c2ccc(Cl)cc2)c2ccccc12. The van der Waals surface area contributed by atoms with Crippen molar-refractivity contribution >= 4 is 22.4 Å². The number of nitrogens with zero attached hydrogens (tertiary/aromatic N) is 2. The lowest BCUT2D eigenvalue weighted by Gasteiger charge is -2.06. The minimum atomic E-state index is 0.725. The zero-order chi connectivity index (χ0) is 12.5. The Morgan fingerprint density at radius 2 is 1.50 bits per heavy atom. The van der Waals surface area contributed by atoms with Crippen molar-refractivity contribution < 1.29 is 0 Å². The quantitative estimate of drug-likeness (QED) is 0.648. The van der Waals surface area contributed by atoms with Crippen molar-refractivity contribution in [3.8, 4) is 11.3 Å². The van der Waals surface area contributed by atoms with Gasteiger partial charge in [0.15, 0.2) is 0 Å². The van der Waals surface area contributed by atoms with Crippen molar-refractivity contribution in [2.75, 3.05) is 0 Å². The summed E-state index contributed by atoms with van der Waals surface area (Å²) in [6, 6.07) is 15.8. The van der Waals surface area contributed by atoms with E-state index in [9.17, 15) is 0 Å².